The van der Waals surface area contributed by atoms with E-state index in [1.165, 1.54) is 0 Å². The van der Waals surface area contributed by atoms with Gasteiger partial charge in [0.25, 0.3) is 0 Å². The standard InChI is InChI=1S/C9H10BrN5/c1-6-2-3-7(10)4-8(6)15-9(5-11)12-13-14-15/h2-4H,5,11H2,1H3. The van der Waals surface area contributed by atoms with Gasteiger partial charge in [0.2, 0.25) is 0 Å². The van der Waals surface area contributed by atoms with Crippen LogP contribution in [0.5, 0.6) is 0 Å². The Balaban J connectivity index is 2.58. The minimum Gasteiger partial charge on any atom is -0.324 e. The highest BCUT2D eigenvalue weighted by molar-refractivity contribution is 9.10. The van der Waals surface area contributed by atoms with Crippen molar-refractivity contribution in [3.63, 3.8) is 0 Å². The molecule has 1 heterocycles. The van der Waals surface area contributed by atoms with Gasteiger partial charge in [-0.25, -0.2) is 0 Å². The summed E-state index contributed by atoms with van der Waals surface area (Å²) in [6.07, 6.45) is 0. The van der Waals surface area contributed by atoms with Crippen molar-refractivity contribution in [2.24, 2.45) is 5.73 Å². The van der Waals surface area contributed by atoms with Crippen LogP contribution in [-0.2, 0) is 6.54 Å². The third kappa shape index (κ3) is 1.91. The molecule has 5 nitrogen and oxygen atoms in total. The Morgan fingerprint density at radius 2 is 2.27 bits per heavy atom. The van der Waals surface area contributed by atoms with Crippen LogP contribution in [0.2, 0.25) is 0 Å². The molecule has 0 fully saturated rings. The van der Waals surface area contributed by atoms with E-state index >= 15 is 0 Å². The van der Waals surface area contributed by atoms with E-state index in [0.717, 1.165) is 15.7 Å². The van der Waals surface area contributed by atoms with Gasteiger partial charge in [0.1, 0.15) is 0 Å². The van der Waals surface area contributed by atoms with Gasteiger partial charge >= 0.3 is 0 Å². The number of aromatic nitrogens is 4. The zero-order valence-corrected chi connectivity index (χ0v) is 9.77. The first-order valence-electron chi connectivity index (χ1n) is 4.46. The third-order valence-electron chi connectivity index (χ3n) is 2.12. The molecule has 0 bridgehead atoms. The summed E-state index contributed by atoms with van der Waals surface area (Å²) in [5, 5.41) is 11.4. The highest BCUT2D eigenvalue weighted by Gasteiger charge is 2.08. The van der Waals surface area contributed by atoms with Crippen molar-refractivity contribution in [2.75, 3.05) is 0 Å². The lowest BCUT2D eigenvalue weighted by molar-refractivity contribution is 0.757. The summed E-state index contributed by atoms with van der Waals surface area (Å²) in [7, 11) is 0. The van der Waals surface area contributed by atoms with Crippen LogP contribution in [0.4, 0.5) is 0 Å². The smallest absolute Gasteiger partial charge is 0.170 e. The van der Waals surface area contributed by atoms with Crippen LogP contribution < -0.4 is 5.73 Å². The van der Waals surface area contributed by atoms with Crippen LogP contribution in [0.3, 0.4) is 0 Å². The average molecular weight is 268 g/mol. The number of halogens is 1. The molecule has 1 aromatic heterocycles. The highest BCUT2D eigenvalue weighted by Crippen LogP contribution is 2.19. The number of nitrogens with zero attached hydrogens (tertiary/aromatic N) is 4. The van der Waals surface area contributed by atoms with Crippen molar-refractivity contribution in [3.05, 3.63) is 34.1 Å². The first-order chi connectivity index (χ1) is 7.22. The number of tetrazole rings is 1. The summed E-state index contributed by atoms with van der Waals surface area (Å²) in [4.78, 5) is 0. The van der Waals surface area contributed by atoms with Crippen molar-refractivity contribution >= 4 is 15.9 Å². The topological polar surface area (TPSA) is 69.6 Å². The number of hydrogen-bond acceptors (Lipinski definition) is 4. The number of aryl methyl sites for hydroxylation is 1. The normalized spacial score (nSPS) is 10.6. The lowest BCUT2D eigenvalue weighted by Crippen LogP contribution is -2.09. The number of benzene rings is 1. The first-order valence-corrected chi connectivity index (χ1v) is 5.25. The van der Waals surface area contributed by atoms with Crippen molar-refractivity contribution in [2.45, 2.75) is 13.5 Å². The zero-order chi connectivity index (χ0) is 10.8. The summed E-state index contributed by atoms with van der Waals surface area (Å²) in [5.74, 6) is 0.649. The monoisotopic (exact) mass is 267 g/mol. The van der Waals surface area contributed by atoms with E-state index in [4.69, 9.17) is 5.73 Å². The molecule has 0 unspecified atom stereocenters. The van der Waals surface area contributed by atoms with Crippen LogP contribution in [0.15, 0.2) is 22.7 Å². The molecule has 78 valence electrons. The van der Waals surface area contributed by atoms with Gasteiger partial charge in [-0.1, -0.05) is 22.0 Å². The SMILES string of the molecule is Cc1ccc(Br)cc1-n1nnnc1CN. The molecule has 2 rings (SSSR count). The van der Waals surface area contributed by atoms with E-state index in [2.05, 4.69) is 31.5 Å². The number of nitrogens with two attached hydrogens (primary N) is 1. The molecule has 1 aromatic carbocycles. The van der Waals surface area contributed by atoms with Gasteiger partial charge in [0.05, 0.1) is 12.2 Å². The molecular formula is C9H10BrN5. The molecule has 6 heteroatoms. The summed E-state index contributed by atoms with van der Waals surface area (Å²) >= 11 is 3.42. The molecule has 0 spiro atoms. The van der Waals surface area contributed by atoms with Crippen LogP contribution in [0, 0.1) is 6.92 Å². The van der Waals surface area contributed by atoms with Crippen LogP contribution in [0.25, 0.3) is 5.69 Å². The van der Waals surface area contributed by atoms with E-state index in [1.807, 2.05) is 25.1 Å². The van der Waals surface area contributed by atoms with E-state index in [9.17, 15) is 0 Å². The Hall–Kier alpha value is -1.27. The predicted octanol–water partition coefficient (Wildman–Crippen LogP) is 1.19. The fraction of sp³-hybridized carbons (Fsp3) is 0.222. The highest BCUT2D eigenvalue weighted by atomic mass is 79.9. The van der Waals surface area contributed by atoms with Gasteiger partial charge < -0.3 is 5.73 Å². The van der Waals surface area contributed by atoms with Gasteiger partial charge in [-0.3, -0.25) is 0 Å². The molecule has 0 aliphatic rings. The lowest BCUT2D eigenvalue weighted by Gasteiger charge is -2.06. The quantitative estimate of drug-likeness (QED) is 0.888. The maximum Gasteiger partial charge on any atom is 0.170 e. The van der Waals surface area contributed by atoms with Crippen molar-refractivity contribution < 1.29 is 0 Å². The van der Waals surface area contributed by atoms with Gasteiger partial charge in [-0.15, -0.1) is 5.10 Å². The van der Waals surface area contributed by atoms with Crippen molar-refractivity contribution in [1.29, 1.82) is 0 Å². The van der Waals surface area contributed by atoms with Gasteiger partial charge in [-0.2, -0.15) is 4.68 Å². The molecule has 0 amide bonds. The third-order valence-corrected chi connectivity index (χ3v) is 2.61. The molecule has 2 N–H and O–H groups in total. The average Bonchev–Trinajstić information content (AvgIpc) is 2.69. The zero-order valence-electron chi connectivity index (χ0n) is 8.18. The second kappa shape index (κ2) is 4.08. The predicted molar refractivity (Wildman–Crippen MR) is 59.5 cm³/mol. The molecule has 0 saturated heterocycles. The Bertz CT molecular complexity index is 479. The van der Waals surface area contributed by atoms with Crippen molar-refractivity contribution in [3.8, 4) is 5.69 Å². The van der Waals surface area contributed by atoms with Gasteiger partial charge in [0, 0.05) is 4.47 Å². The first kappa shape index (κ1) is 10.3. The van der Waals surface area contributed by atoms with Crippen molar-refractivity contribution in [1.82, 2.24) is 20.2 Å². The Kier molecular flexibility index (Phi) is 2.79. The second-order valence-corrected chi connectivity index (χ2v) is 4.06. The minimum absolute atomic E-state index is 0.318. The molecule has 2 aromatic rings. The summed E-state index contributed by atoms with van der Waals surface area (Å²) < 4.78 is 2.64. The van der Waals surface area contributed by atoms with Crippen LogP contribution >= 0.6 is 15.9 Å². The number of hydrogen-bond donors (Lipinski definition) is 1. The molecule has 0 aliphatic carbocycles. The van der Waals surface area contributed by atoms with E-state index in [-0.39, 0.29) is 0 Å². The Morgan fingerprint density at radius 1 is 1.47 bits per heavy atom. The largest absolute Gasteiger partial charge is 0.324 e. The van der Waals surface area contributed by atoms with Crippen LogP contribution in [-0.4, -0.2) is 20.2 Å². The minimum atomic E-state index is 0.318. The Morgan fingerprint density at radius 3 is 3.00 bits per heavy atom. The molecule has 0 aliphatic heterocycles. The molecular weight excluding hydrogens is 258 g/mol. The van der Waals surface area contributed by atoms with Gasteiger partial charge in [-0.05, 0) is 35.0 Å². The maximum atomic E-state index is 5.55. The summed E-state index contributed by atoms with van der Waals surface area (Å²) in [6.45, 7) is 2.32. The van der Waals surface area contributed by atoms with Gasteiger partial charge in [0.15, 0.2) is 5.82 Å². The summed E-state index contributed by atoms with van der Waals surface area (Å²) in [5.41, 5.74) is 7.58. The van der Waals surface area contributed by atoms with E-state index in [1.54, 1.807) is 4.68 Å². The number of rotatable bonds is 2. The second-order valence-electron chi connectivity index (χ2n) is 3.14. The van der Waals surface area contributed by atoms with E-state index < -0.39 is 0 Å². The lowest BCUT2D eigenvalue weighted by atomic mass is 10.2. The molecule has 0 saturated carbocycles. The molecule has 15 heavy (non-hydrogen) atoms. The summed E-state index contributed by atoms with van der Waals surface area (Å²) in [6, 6.07) is 5.94. The fourth-order valence-electron chi connectivity index (χ4n) is 1.33. The maximum absolute atomic E-state index is 5.55. The molecule has 0 atom stereocenters. The van der Waals surface area contributed by atoms with Crippen LogP contribution in [0.1, 0.15) is 11.4 Å². The molecule has 0 radical (unpaired) electrons. The Labute approximate surface area is 95.4 Å². The van der Waals surface area contributed by atoms with E-state index in [0.29, 0.717) is 12.4 Å². The fourth-order valence-corrected chi connectivity index (χ4v) is 1.68.